The first-order chi connectivity index (χ1) is 27.2. The van der Waals surface area contributed by atoms with Gasteiger partial charge < -0.3 is 8.83 Å². The third-order valence-electron chi connectivity index (χ3n) is 10.6. The van der Waals surface area contributed by atoms with Crippen molar-refractivity contribution in [2.24, 2.45) is 0 Å². The number of aromatic nitrogens is 4. The summed E-state index contributed by atoms with van der Waals surface area (Å²) in [6.07, 6.45) is 3.57. The molecule has 55 heavy (non-hydrogen) atoms. The van der Waals surface area contributed by atoms with E-state index in [2.05, 4.69) is 120 Å². The van der Waals surface area contributed by atoms with Gasteiger partial charge in [0.25, 0.3) is 0 Å². The molecule has 0 aliphatic carbocycles. The smallest absolute Gasteiger partial charge is 0.164 e. The van der Waals surface area contributed by atoms with Crippen molar-refractivity contribution in [2.45, 2.75) is 0 Å². The number of benzene rings is 7. The zero-order chi connectivity index (χ0) is 36.0. The number of nitrogens with zero attached hydrogens (tertiary/aromatic N) is 4. The molecule has 0 saturated heterocycles. The van der Waals surface area contributed by atoms with Crippen molar-refractivity contribution in [1.29, 1.82) is 0 Å². The molecule has 0 saturated carbocycles. The lowest BCUT2D eigenvalue weighted by Crippen LogP contribution is -2.01. The highest BCUT2D eigenvalue weighted by atomic mass is 32.1. The Kier molecular flexibility index (Phi) is 6.40. The normalized spacial score (nSPS) is 12.0. The van der Waals surface area contributed by atoms with Crippen LogP contribution in [0.2, 0.25) is 0 Å². The number of thiophene rings is 1. The fourth-order valence-corrected chi connectivity index (χ4v) is 9.10. The van der Waals surface area contributed by atoms with Crippen LogP contribution in [-0.4, -0.2) is 19.9 Å². The van der Waals surface area contributed by atoms with Gasteiger partial charge in [-0.1, -0.05) is 91.0 Å². The Morgan fingerprint density at radius 1 is 0.400 bits per heavy atom. The van der Waals surface area contributed by atoms with E-state index in [4.69, 9.17) is 23.8 Å². The molecular formula is C48H26N4O2S. The fraction of sp³-hybridized carbons (Fsp3) is 0. The molecule has 0 unspecified atom stereocenters. The standard InChI is InChI=1S/C48H26N4O2S/c1-2-8-28-21-30(14-13-27(28)7-1)46-50-47(31-16-17-34-33-9-3-5-11-39(33)53-40(34)23-31)52-48(51-46)38-22-32(24-41-45(38)37-19-20-49-26-42(37)54-41)29-15-18-36-35-10-4-6-12-43(35)55-44(36)25-29/h1-26H. The zero-order valence-electron chi connectivity index (χ0n) is 29.0. The van der Waals surface area contributed by atoms with Crippen LogP contribution in [0.3, 0.4) is 0 Å². The minimum absolute atomic E-state index is 0.548. The number of pyridine rings is 1. The maximum Gasteiger partial charge on any atom is 0.164 e. The van der Waals surface area contributed by atoms with E-state index >= 15 is 0 Å². The Hall–Kier alpha value is -7.22. The second kappa shape index (κ2) is 11.6. The maximum atomic E-state index is 6.52. The monoisotopic (exact) mass is 722 g/mol. The van der Waals surface area contributed by atoms with E-state index in [1.807, 2.05) is 41.7 Å². The second-order valence-corrected chi connectivity index (χ2v) is 14.9. The van der Waals surface area contributed by atoms with E-state index in [1.165, 1.54) is 20.2 Å². The first-order valence-corrected chi connectivity index (χ1v) is 18.9. The summed E-state index contributed by atoms with van der Waals surface area (Å²) in [7, 11) is 0. The zero-order valence-corrected chi connectivity index (χ0v) is 29.8. The number of fused-ring (bicyclic) bond motifs is 10. The lowest BCUT2D eigenvalue weighted by Gasteiger charge is -2.11. The van der Waals surface area contributed by atoms with Gasteiger partial charge >= 0.3 is 0 Å². The topological polar surface area (TPSA) is 77.8 Å². The molecule has 0 aliphatic heterocycles. The largest absolute Gasteiger partial charge is 0.456 e. The molecule has 0 bridgehead atoms. The van der Waals surface area contributed by atoms with Crippen molar-refractivity contribution in [3.8, 4) is 45.3 Å². The van der Waals surface area contributed by atoms with Crippen molar-refractivity contribution in [3.63, 3.8) is 0 Å². The molecule has 5 aromatic heterocycles. The average Bonchev–Trinajstić information content (AvgIpc) is 3.93. The van der Waals surface area contributed by atoms with Crippen molar-refractivity contribution < 1.29 is 8.83 Å². The van der Waals surface area contributed by atoms with Crippen LogP contribution < -0.4 is 0 Å². The van der Waals surface area contributed by atoms with Crippen LogP contribution in [0.5, 0.6) is 0 Å². The van der Waals surface area contributed by atoms with E-state index in [9.17, 15) is 0 Å². The molecule has 0 fully saturated rings. The van der Waals surface area contributed by atoms with Gasteiger partial charge in [-0.3, -0.25) is 4.98 Å². The average molecular weight is 723 g/mol. The Bertz CT molecular complexity index is 3520. The molecular weight excluding hydrogens is 697 g/mol. The van der Waals surface area contributed by atoms with E-state index in [0.29, 0.717) is 23.1 Å². The van der Waals surface area contributed by atoms with Gasteiger partial charge in [-0.2, -0.15) is 0 Å². The van der Waals surface area contributed by atoms with Crippen LogP contribution in [0.15, 0.2) is 167 Å². The lowest BCUT2D eigenvalue weighted by atomic mass is 9.97. The first-order valence-electron chi connectivity index (χ1n) is 18.1. The highest BCUT2D eigenvalue weighted by Gasteiger charge is 2.21. The highest BCUT2D eigenvalue weighted by Crippen LogP contribution is 2.42. The van der Waals surface area contributed by atoms with Crippen molar-refractivity contribution >= 4 is 86.2 Å². The van der Waals surface area contributed by atoms with Crippen LogP contribution >= 0.6 is 11.3 Å². The summed E-state index contributed by atoms with van der Waals surface area (Å²) in [5.74, 6) is 1.68. The summed E-state index contributed by atoms with van der Waals surface area (Å²) >= 11 is 1.81. The molecule has 0 radical (unpaired) electrons. The van der Waals surface area contributed by atoms with E-state index in [-0.39, 0.29) is 0 Å². The summed E-state index contributed by atoms with van der Waals surface area (Å²) in [6, 6.07) is 50.5. The van der Waals surface area contributed by atoms with E-state index in [1.54, 1.807) is 12.4 Å². The summed E-state index contributed by atoms with van der Waals surface area (Å²) in [5.41, 5.74) is 7.74. The maximum absolute atomic E-state index is 6.52. The van der Waals surface area contributed by atoms with Crippen LogP contribution in [0.25, 0.3) is 120 Å². The molecule has 0 spiro atoms. The number of furan rings is 2. The molecule has 256 valence electrons. The molecule has 0 atom stereocenters. The van der Waals surface area contributed by atoms with Gasteiger partial charge in [0.05, 0.1) is 6.20 Å². The van der Waals surface area contributed by atoms with Gasteiger partial charge in [0.1, 0.15) is 16.7 Å². The predicted octanol–water partition coefficient (Wildman–Crippen LogP) is 13.3. The predicted molar refractivity (Wildman–Crippen MR) is 224 cm³/mol. The first kappa shape index (κ1) is 30.3. The highest BCUT2D eigenvalue weighted by molar-refractivity contribution is 7.25. The lowest BCUT2D eigenvalue weighted by molar-refractivity contribution is 0.667. The van der Waals surface area contributed by atoms with Crippen molar-refractivity contribution in [2.75, 3.05) is 0 Å². The van der Waals surface area contributed by atoms with Gasteiger partial charge in [-0.25, -0.2) is 15.0 Å². The number of hydrogen-bond acceptors (Lipinski definition) is 7. The summed E-state index contributed by atoms with van der Waals surface area (Å²) in [5, 5.41) is 8.79. The molecule has 5 heterocycles. The third kappa shape index (κ3) is 4.80. The van der Waals surface area contributed by atoms with Crippen molar-refractivity contribution in [3.05, 3.63) is 158 Å². The fourth-order valence-electron chi connectivity index (χ4n) is 7.96. The van der Waals surface area contributed by atoms with Crippen LogP contribution in [0.4, 0.5) is 0 Å². The third-order valence-corrected chi connectivity index (χ3v) is 11.7. The van der Waals surface area contributed by atoms with Gasteiger partial charge in [-0.15, -0.1) is 11.3 Å². The number of rotatable bonds is 4. The Labute approximate surface area is 317 Å². The number of para-hydroxylation sites is 1. The molecule has 0 aliphatic rings. The molecule has 0 amide bonds. The van der Waals surface area contributed by atoms with Crippen LogP contribution in [-0.2, 0) is 0 Å². The molecule has 7 heteroatoms. The molecule has 12 aromatic rings. The Morgan fingerprint density at radius 3 is 2.00 bits per heavy atom. The van der Waals surface area contributed by atoms with Gasteiger partial charge in [0.2, 0.25) is 0 Å². The molecule has 12 rings (SSSR count). The van der Waals surface area contributed by atoms with Gasteiger partial charge in [-0.05, 0) is 76.5 Å². The molecule has 6 nitrogen and oxygen atoms in total. The minimum Gasteiger partial charge on any atom is -0.456 e. The van der Waals surface area contributed by atoms with E-state index < -0.39 is 0 Å². The minimum atomic E-state index is 0.548. The van der Waals surface area contributed by atoms with Crippen LogP contribution in [0.1, 0.15) is 0 Å². The Balaban J connectivity index is 1.12. The summed E-state index contributed by atoms with van der Waals surface area (Å²) in [4.78, 5) is 20.0. The van der Waals surface area contributed by atoms with Crippen LogP contribution in [0, 0.1) is 0 Å². The van der Waals surface area contributed by atoms with Crippen molar-refractivity contribution in [1.82, 2.24) is 19.9 Å². The summed E-state index contributed by atoms with van der Waals surface area (Å²) < 4.78 is 15.3. The van der Waals surface area contributed by atoms with E-state index in [0.717, 1.165) is 76.9 Å². The number of hydrogen-bond donors (Lipinski definition) is 0. The van der Waals surface area contributed by atoms with Gasteiger partial charge in [0, 0.05) is 64.6 Å². The SMILES string of the molecule is c1ccc2cc(-c3nc(-c4ccc5c(c4)oc4ccccc45)nc(-c4cc(-c5ccc6c(c5)sc5ccccc56)cc5oc6cnccc6c45)n3)ccc2c1. The molecule has 7 aromatic carbocycles. The second-order valence-electron chi connectivity index (χ2n) is 13.9. The van der Waals surface area contributed by atoms with Gasteiger partial charge in [0.15, 0.2) is 23.1 Å². The Morgan fingerprint density at radius 2 is 1.07 bits per heavy atom. The quantitative estimate of drug-likeness (QED) is 0.180. The summed E-state index contributed by atoms with van der Waals surface area (Å²) in [6.45, 7) is 0. The molecule has 0 N–H and O–H groups in total.